The molecule has 1 saturated heterocycles. The lowest BCUT2D eigenvalue weighted by Crippen LogP contribution is -2.34. The Balaban J connectivity index is 2.22. The summed E-state index contributed by atoms with van der Waals surface area (Å²) in [5, 5.41) is 2.19. The van der Waals surface area contributed by atoms with Crippen LogP contribution in [0.15, 0.2) is 24.3 Å². The number of halogens is 1. The zero-order valence-corrected chi connectivity index (χ0v) is 11.5. The molecule has 1 amide bonds. The van der Waals surface area contributed by atoms with Crippen LogP contribution in [0.1, 0.15) is 31.7 Å². The number of nitrogens with zero attached hydrogens (tertiary/aromatic N) is 1. The lowest BCUT2D eigenvalue weighted by Gasteiger charge is -2.25. The van der Waals surface area contributed by atoms with Gasteiger partial charge < -0.3 is 0 Å². The second-order valence-corrected chi connectivity index (χ2v) is 5.34. The molecule has 4 heteroatoms. The summed E-state index contributed by atoms with van der Waals surface area (Å²) in [4.78, 5) is 17.8. The van der Waals surface area contributed by atoms with Crippen LogP contribution in [-0.2, 0) is 9.63 Å². The summed E-state index contributed by atoms with van der Waals surface area (Å²) in [5.41, 5.74) is 0.995. The minimum absolute atomic E-state index is 0.0461. The van der Waals surface area contributed by atoms with E-state index in [0.717, 1.165) is 12.0 Å². The molecule has 0 saturated carbocycles. The number of carbonyl (C=O) groups excluding carboxylic acids is 1. The highest BCUT2D eigenvalue weighted by Crippen LogP contribution is 2.28. The predicted octanol–water partition coefficient (Wildman–Crippen LogP) is 3.24. The third-order valence-electron chi connectivity index (χ3n) is 3.16. The molecule has 18 heavy (non-hydrogen) atoms. The van der Waals surface area contributed by atoms with E-state index in [1.165, 1.54) is 5.06 Å². The van der Waals surface area contributed by atoms with Crippen LogP contribution in [0.25, 0.3) is 0 Å². The summed E-state index contributed by atoms with van der Waals surface area (Å²) >= 11 is 5.88. The largest absolute Gasteiger partial charge is 0.272 e. The summed E-state index contributed by atoms with van der Waals surface area (Å²) < 4.78 is 0. The quantitative estimate of drug-likeness (QED) is 0.841. The van der Waals surface area contributed by atoms with Gasteiger partial charge in [0.1, 0.15) is 0 Å². The van der Waals surface area contributed by atoms with Gasteiger partial charge in [0.2, 0.25) is 0 Å². The highest BCUT2D eigenvalue weighted by Gasteiger charge is 2.31. The average molecular weight is 268 g/mol. The maximum absolute atomic E-state index is 12.4. The second kappa shape index (κ2) is 5.72. The van der Waals surface area contributed by atoms with Crippen LogP contribution in [0.3, 0.4) is 0 Å². The van der Waals surface area contributed by atoms with E-state index in [1.54, 1.807) is 0 Å². The molecule has 98 valence electrons. The topological polar surface area (TPSA) is 29.5 Å². The molecule has 1 fully saturated rings. The van der Waals surface area contributed by atoms with E-state index < -0.39 is 0 Å². The van der Waals surface area contributed by atoms with Crippen molar-refractivity contribution < 1.29 is 9.63 Å². The molecule has 1 unspecified atom stereocenters. The molecule has 3 nitrogen and oxygen atoms in total. The number of amides is 1. The van der Waals surface area contributed by atoms with E-state index in [-0.39, 0.29) is 17.7 Å². The van der Waals surface area contributed by atoms with Crippen molar-refractivity contribution in [2.75, 3.05) is 13.2 Å². The van der Waals surface area contributed by atoms with Gasteiger partial charge in [0.15, 0.2) is 0 Å². The number of hydroxylamine groups is 2. The maximum atomic E-state index is 12.4. The fourth-order valence-electron chi connectivity index (χ4n) is 2.26. The summed E-state index contributed by atoms with van der Waals surface area (Å²) in [5.74, 6) is 0.105. The van der Waals surface area contributed by atoms with Gasteiger partial charge in [-0.25, -0.2) is 5.06 Å². The number of benzene rings is 1. The monoisotopic (exact) mass is 267 g/mol. The molecule has 0 aliphatic carbocycles. The van der Waals surface area contributed by atoms with E-state index in [0.29, 0.717) is 18.2 Å². The molecule has 1 aliphatic rings. The van der Waals surface area contributed by atoms with Crippen molar-refractivity contribution in [3.8, 4) is 0 Å². The summed E-state index contributed by atoms with van der Waals surface area (Å²) in [6.07, 6.45) is 0.914. The van der Waals surface area contributed by atoms with Crippen molar-refractivity contribution in [1.82, 2.24) is 5.06 Å². The first-order valence-electron chi connectivity index (χ1n) is 6.29. The summed E-state index contributed by atoms with van der Waals surface area (Å²) in [6.45, 7) is 5.42. The van der Waals surface area contributed by atoms with E-state index in [4.69, 9.17) is 16.4 Å². The smallest absolute Gasteiger partial charge is 0.253 e. The van der Waals surface area contributed by atoms with Crippen LogP contribution in [0.2, 0.25) is 5.02 Å². The first-order valence-corrected chi connectivity index (χ1v) is 6.67. The molecule has 1 heterocycles. The minimum Gasteiger partial charge on any atom is -0.272 e. The Bertz CT molecular complexity index is 410. The molecule has 2 rings (SSSR count). The lowest BCUT2D eigenvalue weighted by atomic mass is 9.87. The van der Waals surface area contributed by atoms with Gasteiger partial charge in [-0.1, -0.05) is 37.6 Å². The number of rotatable bonds is 3. The van der Waals surface area contributed by atoms with Gasteiger partial charge in [-0.05, 0) is 30.0 Å². The molecule has 0 N–H and O–H groups in total. The van der Waals surface area contributed by atoms with E-state index in [9.17, 15) is 4.79 Å². The first-order chi connectivity index (χ1) is 8.59. The highest BCUT2D eigenvalue weighted by molar-refractivity contribution is 6.30. The third kappa shape index (κ3) is 2.85. The van der Waals surface area contributed by atoms with Gasteiger partial charge in [0.25, 0.3) is 5.91 Å². The predicted molar refractivity (Wildman–Crippen MR) is 71.3 cm³/mol. The standard InChI is InChI=1S/C14H18ClNO2/c1-10(2)13(11-4-6-12(15)7-5-11)14(17)16-8-3-9-18-16/h4-7,10,13H,3,8-9H2,1-2H3. The van der Waals surface area contributed by atoms with E-state index in [2.05, 4.69) is 0 Å². The Kier molecular flexibility index (Phi) is 4.25. The minimum atomic E-state index is -0.166. The van der Waals surface area contributed by atoms with E-state index in [1.807, 2.05) is 38.1 Å². The van der Waals surface area contributed by atoms with Crippen molar-refractivity contribution in [3.63, 3.8) is 0 Å². The molecule has 1 aromatic rings. The molecule has 0 spiro atoms. The van der Waals surface area contributed by atoms with Crippen molar-refractivity contribution in [1.29, 1.82) is 0 Å². The fraction of sp³-hybridized carbons (Fsp3) is 0.500. The van der Waals surface area contributed by atoms with Crippen LogP contribution in [0.5, 0.6) is 0 Å². The Morgan fingerprint density at radius 2 is 2.00 bits per heavy atom. The Hall–Kier alpha value is -1.06. The number of hydrogen-bond donors (Lipinski definition) is 0. The van der Waals surface area contributed by atoms with Gasteiger partial charge in [-0.15, -0.1) is 0 Å². The molecule has 0 aromatic heterocycles. The molecular weight excluding hydrogens is 250 g/mol. The fourth-order valence-corrected chi connectivity index (χ4v) is 2.39. The Morgan fingerprint density at radius 1 is 1.33 bits per heavy atom. The molecule has 0 bridgehead atoms. The summed E-state index contributed by atoms with van der Waals surface area (Å²) in [7, 11) is 0. The Morgan fingerprint density at radius 3 is 2.50 bits per heavy atom. The zero-order chi connectivity index (χ0) is 13.1. The number of carbonyl (C=O) groups is 1. The zero-order valence-electron chi connectivity index (χ0n) is 10.7. The SMILES string of the molecule is CC(C)C(C(=O)N1CCCO1)c1ccc(Cl)cc1. The molecule has 1 aliphatic heterocycles. The highest BCUT2D eigenvalue weighted by atomic mass is 35.5. The van der Waals surface area contributed by atoms with Crippen LogP contribution < -0.4 is 0 Å². The van der Waals surface area contributed by atoms with Gasteiger partial charge in [-0.2, -0.15) is 0 Å². The molecular formula is C14H18ClNO2. The van der Waals surface area contributed by atoms with Gasteiger partial charge in [-0.3, -0.25) is 9.63 Å². The average Bonchev–Trinajstić information content (AvgIpc) is 2.85. The number of hydrogen-bond acceptors (Lipinski definition) is 2. The normalized spacial score (nSPS) is 17.2. The third-order valence-corrected chi connectivity index (χ3v) is 3.41. The molecule has 1 atom stereocenters. The second-order valence-electron chi connectivity index (χ2n) is 4.90. The maximum Gasteiger partial charge on any atom is 0.253 e. The van der Waals surface area contributed by atoms with Crippen LogP contribution >= 0.6 is 11.6 Å². The van der Waals surface area contributed by atoms with Gasteiger partial charge in [0, 0.05) is 5.02 Å². The lowest BCUT2D eigenvalue weighted by molar-refractivity contribution is -0.171. The molecule has 1 aromatic carbocycles. The first kappa shape index (κ1) is 13.4. The van der Waals surface area contributed by atoms with Crippen molar-refractivity contribution in [3.05, 3.63) is 34.9 Å². The van der Waals surface area contributed by atoms with Crippen molar-refractivity contribution in [2.24, 2.45) is 5.92 Å². The van der Waals surface area contributed by atoms with Gasteiger partial charge in [0.05, 0.1) is 19.1 Å². The van der Waals surface area contributed by atoms with Gasteiger partial charge >= 0.3 is 0 Å². The van der Waals surface area contributed by atoms with Crippen LogP contribution in [-0.4, -0.2) is 24.1 Å². The van der Waals surface area contributed by atoms with Crippen LogP contribution in [0.4, 0.5) is 0 Å². The van der Waals surface area contributed by atoms with E-state index >= 15 is 0 Å². The van der Waals surface area contributed by atoms with Crippen LogP contribution in [0, 0.1) is 5.92 Å². The summed E-state index contributed by atoms with van der Waals surface area (Å²) in [6, 6.07) is 7.48. The van der Waals surface area contributed by atoms with Crippen molar-refractivity contribution >= 4 is 17.5 Å². The Labute approximate surface area is 113 Å². The molecule has 0 radical (unpaired) electrons. The van der Waals surface area contributed by atoms with Crippen molar-refractivity contribution in [2.45, 2.75) is 26.2 Å².